The monoisotopic (exact) mass is 236 g/mol. The van der Waals surface area contributed by atoms with Gasteiger partial charge in [-0.2, -0.15) is 0 Å². The molecule has 1 atom stereocenters. The fraction of sp³-hybridized carbons (Fsp3) is 0.333. The van der Waals surface area contributed by atoms with Gasteiger partial charge in [0.05, 0.1) is 13.7 Å². The number of nitrogens with two attached hydrogens (primary N) is 1. The normalized spacial score (nSPS) is 11.7. The lowest BCUT2D eigenvalue weighted by atomic mass is 10.2. The second-order valence-electron chi connectivity index (χ2n) is 3.50. The number of hydrogen-bond donors (Lipinski definition) is 1. The molecule has 1 rings (SSSR count). The predicted molar refractivity (Wildman–Crippen MR) is 64.5 cm³/mol. The molecule has 0 fully saturated rings. The van der Waals surface area contributed by atoms with Crippen molar-refractivity contribution in [1.82, 2.24) is 0 Å². The van der Waals surface area contributed by atoms with Gasteiger partial charge in [0.15, 0.2) is 0 Å². The molecule has 0 unspecified atom stereocenters. The first-order chi connectivity index (χ1) is 8.11. The Bertz CT molecular complexity index is 392. The Morgan fingerprint density at radius 3 is 2.41 bits per heavy atom. The minimum atomic E-state index is -0.696. The Morgan fingerprint density at radius 1 is 1.35 bits per heavy atom. The number of ether oxygens (including phenoxy) is 1. The van der Waals surface area contributed by atoms with Crippen LogP contribution >= 0.6 is 0 Å². The Balaban J connectivity index is 3.05. The molecular weight excluding hydrogens is 220 g/mol. The summed E-state index contributed by atoms with van der Waals surface area (Å²) in [6.45, 7) is 1.45. The topological polar surface area (TPSA) is 72.6 Å². The van der Waals surface area contributed by atoms with Crippen LogP contribution in [0.5, 0.6) is 0 Å². The van der Waals surface area contributed by atoms with Gasteiger partial charge in [-0.3, -0.25) is 9.69 Å². The maximum Gasteiger partial charge on any atom is 0.328 e. The zero-order valence-corrected chi connectivity index (χ0v) is 9.92. The van der Waals surface area contributed by atoms with E-state index in [1.165, 1.54) is 12.0 Å². The third-order valence-electron chi connectivity index (χ3n) is 2.41. The van der Waals surface area contributed by atoms with Crippen LogP contribution in [0.4, 0.5) is 5.69 Å². The lowest BCUT2D eigenvalue weighted by Crippen LogP contribution is -2.46. The molecule has 0 aliphatic carbocycles. The molecule has 5 nitrogen and oxygen atoms in total. The Labute approximate surface area is 100 Å². The first-order valence-electron chi connectivity index (χ1n) is 5.26. The second kappa shape index (κ2) is 6.00. The number of nitrogens with zero attached hydrogens (tertiary/aromatic N) is 1. The van der Waals surface area contributed by atoms with Gasteiger partial charge in [0.1, 0.15) is 6.04 Å². The maximum absolute atomic E-state index is 11.8. The number of benzene rings is 1. The third kappa shape index (κ3) is 3.04. The van der Waals surface area contributed by atoms with Crippen LogP contribution < -0.4 is 10.6 Å². The van der Waals surface area contributed by atoms with Crippen molar-refractivity contribution in [1.29, 1.82) is 0 Å². The van der Waals surface area contributed by atoms with Gasteiger partial charge in [-0.25, -0.2) is 4.79 Å². The quantitative estimate of drug-likeness (QED) is 0.774. The minimum absolute atomic E-state index is 0.157. The van der Waals surface area contributed by atoms with Gasteiger partial charge in [-0.1, -0.05) is 18.2 Å². The first-order valence-corrected chi connectivity index (χ1v) is 5.26. The number of rotatable bonds is 4. The van der Waals surface area contributed by atoms with Gasteiger partial charge in [0.2, 0.25) is 5.91 Å². The van der Waals surface area contributed by atoms with Crippen LogP contribution in [-0.2, 0) is 14.3 Å². The summed E-state index contributed by atoms with van der Waals surface area (Å²) in [5, 5.41) is 0. The average Bonchev–Trinajstić information content (AvgIpc) is 2.38. The molecule has 0 saturated heterocycles. The number of anilines is 1. The van der Waals surface area contributed by atoms with Gasteiger partial charge in [0, 0.05) is 5.69 Å². The molecule has 0 radical (unpaired) electrons. The van der Waals surface area contributed by atoms with E-state index < -0.39 is 12.0 Å². The molecular formula is C12H16N2O3. The number of esters is 1. The average molecular weight is 236 g/mol. The highest BCUT2D eigenvalue weighted by Crippen LogP contribution is 2.17. The molecule has 0 bridgehead atoms. The van der Waals surface area contributed by atoms with Crippen LogP contribution in [0.25, 0.3) is 0 Å². The lowest BCUT2D eigenvalue weighted by Gasteiger charge is -2.27. The van der Waals surface area contributed by atoms with Crippen LogP contribution in [0.2, 0.25) is 0 Å². The van der Waals surface area contributed by atoms with E-state index in [2.05, 4.69) is 4.74 Å². The molecule has 17 heavy (non-hydrogen) atoms. The van der Waals surface area contributed by atoms with Crippen LogP contribution in [0, 0.1) is 0 Å². The van der Waals surface area contributed by atoms with Crippen LogP contribution in [-0.4, -0.2) is 31.6 Å². The van der Waals surface area contributed by atoms with Crippen molar-refractivity contribution in [2.75, 3.05) is 18.6 Å². The van der Waals surface area contributed by atoms with E-state index in [0.29, 0.717) is 5.69 Å². The molecule has 0 saturated carbocycles. The molecule has 0 aromatic heterocycles. The maximum atomic E-state index is 11.8. The summed E-state index contributed by atoms with van der Waals surface area (Å²) in [5.74, 6) is -0.801. The zero-order chi connectivity index (χ0) is 12.8. The minimum Gasteiger partial charge on any atom is -0.467 e. The molecule has 5 heteroatoms. The molecule has 0 aliphatic heterocycles. The van der Waals surface area contributed by atoms with E-state index in [0.717, 1.165) is 0 Å². The van der Waals surface area contributed by atoms with Crippen molar-refractivity contribution in [3.63, 3.8) is 0 Å². The van der Waals surface area contributed by atoms with Crippen LogP contribution in [0.15, 0.2) is 30.3 Å². The standard InChI is InChI=1S/C12H16N2O3/c1-9(12(16)17-2)14(11(15)8-13)10-6-4-3-5-7-10/h3-7,9H,8,13H2,1-2H3/t9-/m0/s1. The van der Waals surface area contributed by atoms with Gasteiger partial charge in [-0.15, -0.1) is 0 Å². The van der Waals surface area contributed by atoms with Gasteiger partial charge in [-0.05, 0) is 19.1 Å². The number of carbonyl (C=O) groups is 2. The van der Waals surface area contributed by atoms with Crippen molar-refractivity contribution >= 4 is 17.6 Å². The van der Waals surface area contributed by atoms with Crippen molar-refractivity contribution < 1.29 is 14.3 Å². The molecule has 1 aromatic rings. The Kier molecular flexibility index (Phi) is 4.66. The van der Waals surface area contributed by atoms with Gasteiger partial charge >= 0.3 is 5.97 Å². The van der Waals surface area contributed by atoms with E-state index in [1.807, 2.05) is 6.07 Å². The summed E-state index contributed by atoms with van der Waals surface area (Å²) < 4.78 is 4.64. The molecule has 0 spiro atoms. The van der Waals surface area contributed by atoms with E-state index in [4.69, 9.17) is 5.73 Å². The molecule has 92 valence electrons. The summed E-state index contributed by atoms with van der Waals surface area (Å²) in [5.41, 5.74) is 5.97. The summed E-state index contributed by atoms with van der Waals surface area (Å²) in [6, 6.07) is 8.20. The number of para-hydroxylation sites is 1. The van der Waals surface area contributed by atoms with Crippen LogP contribution in [0.3, 0.4) is 0 Å². The fourth-order valence-electron chi connectivity index (χ4n) is 1.55. The van der Waals surface area contributed by atoms with E-state index in [1.54, 1.807) is 31.2 Å². The smallest absolute Gasteiger partial charge is 0.328 e. The Morgan fingerprint density at radius 2 is 1.94 bits per heavy atom. The molecule has 0 heterocycles. The van der Waals surface area contributed by atoms with Gasteiger partial charge < -0.3 is 10.5 Å². The van der Waals surface area contributed by atoms with Crippen molar-refractivity contribution in [3.05, 3.63) is 30.3 Å². The number of amides is 1. The third-order valence-corrected chi connectivity index (χ3v) is 2.41. The van der Waals surface area contributed by atoms with E-state index in [-0.39, 0.29) is 12.5 Å². The lowest BCUT2D eigenvalue weighted by molar-refractivity contribution is -0.143. The number of hydrogen-bond acceptors (Lipinski definition) is 4. The van der Waals surface area contributed by atoms with Crippen molar-refractivity contribution in [2.24, 2.45) is 5.73 Å². The van der Waals surface area contributed by atoms with E-state index >= 15 is 0 Å². The largest absolute Gasteiger partial charge is 0.467 e. The van der Waals surface area contributed by atoms with Crippen molar-refractivity contribution in [2.45, 2.75) is 13.0 Å². The number of methoxy groups -OCH3 is 1. The summed E-state index contributed by atoms with van der Waals surface area (Å²) in [6.07, 6.45) is 0. The molecule has 0 aliphatic rings. The number of carbonyl (C=O) groups excluding carboxylic acids is 2. The highest BCUT2D eigenvalue weighted by atomic mass is 16.5. The second-order valence-corrected chi connectivity index (χ2v) is 3.50. The van der Waals surface area contributed by atoms with Gasteiger partial charge in [0.25, 0.3) is 0 Å². The first kappa shape index (κ1) is 13.2. The molecule has 2 N–H and O–H groups in total. The van der Waals surface area contributed by atoms with Crippen LogP contribution in [0.1, 0.15) is 6.92 Å². The van der Waals surface area contributed by atoms with Crippen molar-refractivity contribution in [3.8, 4) is 0 Å². The molecule has 1 amide bonds. The Hall–Kier alpha value is -1.88. The summed E-state index contributed by atoms with van der Waals surface area (Å²) in [4.78, 5) is 24.6. The zero-order valence-electron chi connectivity index (χ0n) is 9.92. The summed E-state index contributed by atoms with van der Waals surface area (Å²) >= 11 is 0. The SMILES string of the molecule is COC(=O)[C@H](C)N(C(=O)CN)c1ccccc1. The summed E-state index contributed by atoms with van der Waals surface area (Å²) in [7, 11) is 1.29. The fourth-order valence-corrected chi connectivity index (χ4v) is 1.55. The predicted octanol–water partition coefficient (Wildman–Crippen LogP) is 0.540. The molecule has 1 aromatic carbocycles. The highest BCUT2D eigenvalue weighted by molar-refractivity contribution is 6.00. The van der Waals surface area contributed by atoms with E-state index in [9.17, 15) is 9.59 Å². The highest BCUT2D eigenvalue weighted by Gasteiger charge is 2.26.